The maximum absolute atomic E-state index is 13.6. The normalized spacial score (nSPS) is 17.2. The molecule has 1 unspecified atom stereocenters. The van der Waals surface area contributed by atoms with Crippen LogP contribution in [0.3, 0.4) is 0 Å². The van der Waals surface area contributed by atoms with Gasteiger partial charge in [-0.3, -0.25) is 14.5 Å². The van der Waals surface area contributed by atoms with Crippen LogP contribution in [0.5, 0.6) is 0 Å². The summed E-state index contributed by atoms with van der Waals surface area (Å²) < 4.78 is 14.2. The first-order valence-corrected chi connectivity index (χ1v) is 14.1. The van der Waals surface area contributed by atoms with Crippen molar-refractivity contribution in [3.8, 4) is 6.07 Å². The smallest absolute Gasteiger partial charge is 0.234 e. The van der Waals surface area contributed by atoms with Crippen LogP contribution in [0, 0.1) is 31.0 Å². The number of hydrogen-bond donors (Lipinski definition) is 2. The van der Waals surface area contributed by atoms with E-state index in [-0.39, 0.29) is 28.8 Å². The molecule has 1 amide bonds. The second-order valence-corrected chi connectivity index (χ2v) is 11.5. The van der Waals surface area contributed by atoms with Gasteiger partial charge in [0.05, 0.1) is 23.3 Å². The number of ketones is 1. The number of allylic oxidation sites excluding steroid dienone is 3. The number of nitriles is 1. The van der Waals surface area contributed by atoms with Crippen molar-refractivity contribution in [2.24, 2.45) is 5.73 Å². The van der Waals surface area contributed by atoms with Crippen molar-refractivity contribution < 1.29 is 14.0 Å². The summed E-state index contributed by atoms with van der Waals surface area (Å²) in [5.74, 6) is -1.01. The van der Waals surface area contributed by atoms with E-state index in [9.17, 15) is 19.2 Å². The molecule has 2 aromatic carbocycles. The van der Waals surface area contributed by atoms with Crippen LogP contribution in [0.15, 0.2) is 69.5 Å². The van der Waals surface area contributed by atoms with Crippen LogP contribution in [0.4, 0.5) is 15.2 Å². The van der Waals surface area contributed by atoms with E-state index >= 15 is 0 Å². The van der Waals surface area contributed by atoms with E-state index in [0.29, 0.717) is 45.6 Å². The Hall–Kier alpha value is -4.01. The first-order valence-electron chi connectivity index (χ1n) is 12.3. The fourth-order valence-electron chi connectivity index (χ4n) is 4.96. The number of nitrogens with two attached hydrogens (primary N) is 1. The van der Waals surface area contributed by atoms with E-state index in [4.69, 9.17) is 5.73 Å². The number of amides is 1. The third-order valence-corrected chi connectivity index (χ3v) is 8.82. The van der Waals surface area contributed by atoms with Crippen molar-refractivity contribution in [3.05, 3.63) is 87.6 Å². The van der Waals surface area contributed by atoms with Crippen LogP contribution in [-0.4, -0.2) is 27.6 Å². The fourth-order valence-corrected chi connectivity index (χ4v) is 6.64. The molecule has 198 valence electrons. The molecule has 1 aromatic heterocycles. The molecule has 8 nitrogen and oxygen atoms in total. The molecule has 3 aromatic rings. The number of thioether (sulfide) groups is 1. The summed E-state index contributed by atoms with van der Waals surface area (Å²) in [5.41, 5.74) is 11.3. The first-order chi connectivity index (χ1) is 18.8. The summed E-state index contributed by atoms with van der Waals surface area (Å²) >= 11 is 2.48. The van der Waals surface area contributed by atoms with Crippen LogP contribution >= 0.6 is 23.1 Å². The number of nitrogens with zero attached hydrogens (tertiary/aromatic N) is 4. The van der Waals surface area contributed by atoms with Crippen LogP contribution in [0.1, 0.15) is 41.9 Å². The molecule has 2 aliphatic rings. The van der Waals surface area contributed by atoms with Gasteiger partial charge < -0.3 is 11.1 Å². The first kappa shape index (κ1) is 26.6. The lowest BCUT2D eigenvalue weighted by molar-refractivity contribution is -0.116. The molecule has 5 rings (SSSR count). The van der Waals surface area contributed by atoms with Gasteiger partial charge in [-0.2, -0.15) is 5.26 Å². The quantitative estimate of drug-likeness (QED) is 0.388. The van der Waals surface area contributed by atoms with Crippen LogP contribution < -0.4 is 16.0 Å². The second kappa shape index (κ2) is 11.0. The number of anilines is 2. The van der Waals surface area contributed by atoms with E-state index in [2.05, 4.69) is 21.6 Å². The number of carbonyl (C=O) groups excluding carboxylic acids is 2. The highest BCUT2D eigenvalue weighted by atomic mass is 32.2. The number of hydrogen-bond acceptors (Lipinski definition) is 9. The zero-order valence-electron chi connectivity index (χ0n) is 21.3. The monoisotopic (exact) mass is 560 g/mol. The second-order valence-electron chi connectivity index (χ2n) is 9.32. The number of carbonyl (C=O) groups is 2. The van der Waals surface area contributed by atoms with Crippen molar-refractivity contribution in [3.63, 3.8) is 0 Å². The van der Waals surface area contributed by atoms with Crippen molar-refractivity contribution in [2.75, 3.05) is 16.0 Å². The summed E-state index contributed by atoms with van der Waals surface area (Å²) in [6.07, 6.45) is 1.56. The van der Waals surface area contributed by atoms with Crippen LogP contribution in [0.25, 0.3) is 0 Å². The Labute approximate surface area is 233 Å². The Morgan fingerprint density at radius 1 is 1.21 bits per heavy atom. The van der Waals surface area contributed by atoms with E-state index in [1.54, 1.807) is 17.0 Å². The number of nitrogens with one attached hydrogen (secondary N) is 1. The summed E-state index contributed by atoms with van der Waals surface area (Å²) in [5, 5.41) is 22.0. The Kier molecular flexibility index (Phi) is 7.50. The summed E-state index contributed by atoms with van der Waals surface area (Å²) in [7, 11) is 0. The van der Waals surface area contributed by atoms with Gasteiger partial charge >= 0.3 is 0 Å². The van der Waals surface area contributed by atoms with Gasteiger partial charge in [-0.25, -0.2) is 4.39 Å². The molecule has 0 radical (unpaired) electrons. The van der Waals surface area contributed by atoms with E-state index in [0.717, 1.165) is 16.8 Å². The predicted octanol–water partition coefficient (Wildman–Crippen LogP) is 5.33. The number of benzene rings is 2. The van der Waals surface area contributed by atoms with Crippen molar-refractivity contribution >= 4 is 45.6 Å². The molecule has 1 atom stereocenters. The minimum atomic E-state index is -0.676. The van der Waals surface area contributed by atoms with Gasteiger partial charge in [0, 0.05) is 23.4 Å². The van der Waals surface area contributed by atoms with Crippen LogP contribution in [-0.2, 0) is 9.59 Å². The van der Waals surface area contributed by atoms with Gasteiger partial charge in [0.25, 0.3) is 0 Å². The van der Waals surface area contributed by atoms with E-state index < -0.39 is 11.7 Å². The molecule has 2 heterocycles. The van der Waals surface area contributed by atoms with Crippen molar-refractivity contribution in [2.45, 2.75) is 43.4 Å². The molecule has 0 saturated carbocycles. The topological polar surface area (TPSA) is 125 Å². The summed E-state index contributed by atoms with van der Waals surface area (Å²) in [4.78, 5) is 27.5. The average Bonchev–Trinajstić information content (AvgIpc) is 3.38. The Bertz CT molecular complexity index is 1550. The number of halogens is 1. The molecule has 3 N–H and O–H groups in total. The Morgan fingerprint density at radius 3 is 2.62 bits per heavy atom. The zero-order chi connectivity index (χ0) is 27.7. The van der Waals surface area contributed by atoms with Gasteiger partial charge in [-0.05, 0) is 55.5 Å². The molecule has 0 spiro atoms. The maximum atomic E-state index is 13.6. The molecular weight excluding hydrogens is 535 g/mol. The van der Waals surface area contributed by atoms with E-state index in [1.807, 2.05) is 32.0 Å². The lowest BCUT2D eigenvalue weighted by atomic mass is 9.76. The van der Waals surface area contributed by atoms with Crippen molar-refractivity contribution in [1.29, 1.82) is 5.26 Å². The lowest BCUT2D eigenvalue weighted by Gasteiger charge is -2.38. The highest BCUT2D eigenvalue weighted by Crippen LogP contribution is 2.47. The highest BCUT2D eigenvalue weighted by molar-refractivity contribution is 8.01. The molecule has 0 fully saturated rings. The third-order valence-electron chi connectivity index (χ3n) is 6.78. The molecule has 11 heteroatoms. The number of rotatable bonds is 6. The SMILES string of the molecule is Cc1cccc(C)c1NC(=O)CSc1nnc(N2C(N)=C(C#N)C(c3ccc(F)cc3)C3=C2CCCC3=O)s1. The average molecular weight is 561 g/mol. The molecule has 0 bridgehead atoms. The molecule has 1 aliphatic heterocycles. The summed E-state index contributed by atoms with van der Waals surface area (Å²) in [6, 6.07) is 13.8. The standard InChI is InChI=1S/C28H25FN6O2S2/c1-15-5-3-6-16(2)25(15)32-22(37)14-38-28-34-33-27(39-28)35-20-7-4-8-21(36)24(20)23(19(13-30)26(35)31)17-9-11-18(29)12-10-17/h3,5-6,9-12,23H,4,7-8,14,31H2,1-2H3,(H,32,37). The van der Waals surface area contributed by atoms with Gasteiger partial charge in [0.1, 0.15) is 11.6 Å². The Balaban J connectivity index is 1.42. The van der Waals surface area contributed by atoms with E-state index in [1.165, 1.54) is 35.2 Å². The number of aryl methyl sites for hydroxylation is 2. The molecule has 1 aliphatic carbocycles. The predicted molar refractivity (Wildman–Crippen MR) is 150 cm³/mol. The van der Waals surface area contributed by atoms with Gasteiger partial charge in [-0.15, -0.1) is 10.2 Å². The van der Waals surface area contributed by atoms with Gasteiger partial charge in [0.15, 0.2) is 10.1 Å². The highest BCUT2D eigenvalue weighted by Gasteiger charge is 2.41. The van der Waals surface area contributed by atoms with Gasteiger partial charge in [-0.1, -0.05) is 53.4 Å². The minimum Gasteiger partial charge on any atom is -0.384 e. The lowest BCUT2D eigenvalue weighted by Crippen LogP contribution is -2.38. The Morgan fingerprint density at radius 2 is 1.92 bits per heavy atom. The largest absolute Gasteiger partial charge is 0.384 e. The van der Waals surface area contributed by atoms with Crippen LogP contribution in [0.2, 0.25) is 0 Å². The number of para-hydroxylation sites is 1. The molecular formula is C28H25FN6O2S2. The number of Topliss-reactive ketones (excluding diaryl/α,β-unsaturated/α-hetero) is 1. The maximum Gasteiger partial charge on any atom is 0.234 e. The van der Waals surface area contributed by atoms with Gasteiger partial charge in [0.2, 0.25) is 11.0 Å². The zero-order valence-corrected chi connectivity index (χ0v) is 23.0. The third kappa shape index (κ3) is 5.17. The molecule has 0 saturated heterocycles. The van der Waals surface area contributed by atoms with Crippen molar-refractivity contribution in [1.82, 2.24) is 10.2 Å². The number of aromatic nitrogens is 2. The minimum absolute atomic E-state index is 0.0712. The summed E-state index contributed by atoms with van der Waals surface area (Å²) in [6.45, 7) is 3.89. The molecule has 39 heavy (non-hydrogen) atoms. The fraction of sp³-hybridized carbons (Fsp3) is 0.250.